The molecule has 3 aromatic heterocycles. The SMILES string of the molecule is Cc1sc2ncnc(NCC[C@@H](C)n3ccnc3)c2c1C. The van der Waals surface area contributed by atoms with Crippen molar-refractivity contribution in [2.45, 2.75) is 33.2 Å². The summed E-state index contributed by atoms with van der Waals surface area (Å²) >= 11 is 1.73. The summed E-state index contributed by atoms with van der Waals surface area (Å²) in [5, 5.41) is 4.62. The molecule has 3 heterocycles. The molecule has 0 fully saturated rings. The molecule has 110 valence electrons. The van der Waals surface area contributed by atoms with Gasteiger partial charge in [0.2, 0.25) is 0 Å². The zero-order chi connectivity index (χ0) is 14.8. The van der Waals surface area contributed by atoms with Gasteiger partial charge in [-0.2, -0.15) is 0 Å². The largest absolute Gasteiger partial charge is 0.369 e. The van der Waals surface area contributed by atoms with Crippen molar-refractivity contribution in [3.63, 3.8) is 0 Å². The van der Waals surface area contributed by atoms with Crippen molar-refractivity contribution in [1.82, 2.24) is 19.5 Å². The summed E-state index contributed by atoms with van der Waals surface area (Å²) in [5.41, 5.74) is 1.28. The molecule has 0 aliphatic rings. The van der Waals surface area contributed by atoms with Gasteiger partial charge in [0.25, 0.3) is 0 Å². The minimum absolute atomic E-state index is 0.419. The van der Waals surface area contributed by atoms with Crippen LogP contribution in [0, 0.1) is 13.8 Å². The molecule has 0 aliphatic heterocycles. The Morgan fingerprint density at radius 3 is 2.95 bits per heavy atom. The van der Waals surface area contributed by atoms with Gasteiger partial charge in [0.05, 0.1) is 11.7 Å². The fourth-order valence-electron chi connectivity index (χ4n) is 2.40. The van der Waals surface area contributed by atoms with Gasteiger partial charge in [0, 0.05) is 29.9 Å². The van der Waals surface area contributed by atoms with Gasteiger partial charge in [-0.25, -0.2) is 15.0 Å². The number of imidazole rings is 1. The van der Waals surface area contributed by atoms with Crippen LogP contribution in [0.4, 0.5) is 5.82 Å². The third-order valence-electron chi connectivity index (χ3n) is 3.85. The van der Waals surface area contributed by atoms with E-state index in [1.165, 1.54) is 10.4 Å². The quantitative estimate of drug-likeness (QED) is 0.782. The van der Waals surface area contributed by atoms with Gasteiger partial charge in [-0.1, -0.05) is 0 Å². The van der Waals surface area contributed by atoms with E-state index in [0.29, 0.717) is 6.04 Å². The molecule has 0 aromatic carbocycles. The third-order valence-corrected chi connectivity index (χ3v) is 4.97. The smallest absolute Gasteiger partial charge is 0.138 e. The van der Waals surface area contributed by atoms with E-state index in [1.54, 1.807) is 17.7 Å². The topological polar surface area (TPSA) is 55.6 Å². The Balaban J connectivity index is 1.71. The van der Waals surface area contributed by atoms with Crippen LogP contribution in [0.25, 0.3) is 10.2 Å². The Bertz CT molecular complexity index is 732. The Labute approximate surface area is 128 Å². The number of aryl methyl sites for hydroxylation is 2. The zero-order valence-electron chi connectivity index (χ0n) is 12.5. The number of anilines is 1. The number of hydrogen-bond donors (Lipinski definition) is 1. The molecule has 3 rings (SSSR count). The number of fused-ring (bicyclic) bond motifs is 1. The first-order valence-electron chi connectivity index (χ1n) is 7.09. The predicted molar refractivity (Wildman–Crippen MR) is 86.9 cm³/mol. The first-order valence-corrected chi connectivity index (χ1v) is 7.90. The standard InChI is InChI=1S/C15H19N5S/c1-10(20-7-6-16-9-20)4-5-17-14-13-11(2)12(3)21-15(13)19-8-18-14/h6-10H,4-5H2,1-3H3,(H,17,18,19)/t10-/m1/s1. The lowest BCUT2D eigenvalue weighted by Gasteiger charge is -2.14. The summed E-state index contributed by atoms with van der Waals surface area (Å²) < 4.78 is 2.12. The van der Waals surface area contributed by atoms with Crippen LogP contribution in [0.1, 0.15) is 29.8 Å². The molecule has 5 nitrogen and oxygen atoms in total. The van der Waals surface area contributed by atoms with Crippen LogP contribution in [0.15, 0.2) is 25.0 Å². The summed E-state index contributed by atoms with van der Waals surface area (Å²) in [7, 11) is 0. The van der Waals surface area contributed by atoms with E-state index >= 15 is 0 Å². The highest BCUT2D eigenvalue weighted by Gasteiger charge is 2.12. The summed E-state index contributed by atoms with van der Waals surface area (Å²) in [6.45, 7) is 7.34. The number of rotatable bonds is 5. The number of aromatic nitrogens is 4. The van der Waals surface area contributed by atoms with Crippen molar-refractivity contribution in [3.8, 4) is 0 Å². The molecule has 3 aromatic rings. The van der Waals surface area contributed by atoms with Crippen LogP contribution < -0.4 is 5.32 Å². The number of nitrogens with one attached hydrogen (secondary N) is 1. The minimum Gasteiger partial charge on any atom is -0.369 e. The second kappa shape index (κ2) is 5.81. The fourth-order valence-corrected chi connectivity index (χ4v) is 3.39. The highest BCUT2D eigenvalue weighted by molar-refractivity contribution is 7.18. The second-order valence-electron chi connectivity index (χ2n) is 5.26. The summed E-state index contributed by atoms with van der Waals surface area (Å²) in [5.74, 6) is 0.944. The normalized spacial score (nSPS) is 12.7. The number of thiophene rings is 1. The summed E-state index contributed by atoms with van der Waals surface area (Å²) in [4.78, 5) is 15.2. The maximum absolute atomic E-state index is 4.41. The molecule has 0 unspecified atom stereocenters. The monoisotopic (exact) mass is 301 g/mol. The molecular formula is C15H19N5S. The number of nitrogens with zero attached hydrogens (tertiary/aromatic N) is 4. The molecule has 21 heavy (non-hydrogen) atoms. The molecule has 0 aliphatic carbocycles. The average molecular weight is 301 g/mol. The van der Waals surface area contributed by atoms with Crippen molar-refractivity contribution in [2.75, 3.05) is 11.9 Å². The van der Waals surface area contributed by atoms with Crippen LogP contribution in [0.2, 0.25) is 0 Å². The Morgan fingerprint density at radius 1 is 1.33 bits per heavy atom. The van der Waals surface area contributed by atoms with E-state index in [4.69, 9.17) is 0 Å². The van der Waals surface area contributed by atoms with Gasteiger partial charge < -0.3 is 9.88 Å². The van der Waals surface area contributed by atoms with Crippen LogP contribution in [0.5, 0.6) is 0 Å². The molecule has 0 bridgehead atoms. The maximum Gasteiger partial charge on any atom is 0.138 e. The predicted octanol–water partition coefficient (Wildman–Crippen LogP) is 3.57. The fraction of sp³-hybridized carbons (Fsp3) is 0.400. The minimum atomic E-state index is 0.419. The maximum atomic E-state index is 4.41. The molecule has 0 spiro atoms. The van der Waals surface area contributed by atoms with Gasteiger partial charge in [-0.05, 0) is 32.8 Å². The lowest BCUT2D eigenvalue weighted by atomic mass is 10.2. The van der Waals surface area contributed by atoms with Crippen molar-refractivity contribution < 1.29 is 0 Å². The molecule has 0 saturated heterocycles. The van der Waals surface area contributed by atoms with Gasteiger partial charge >= 0.3 is 0 Å². The van der Waals surface area contributed by atoms with E-state index in [0.717, 1.165) is 29.0 Å². The highest BCUT2D eigenvalue weighted by Crippen LogP contribution is 2.32. The molecule has 0 saturated carbocycles. The van der Waals surface area contributed by atoms with Crippen LogP contribution in [0.3, 0.4) is 0 Å². The van der Waals surface area contributed by atoms with Crippen LogP contribution >= 0.6 is 11.3 Å². The van der Waals surface area contributed by atoms with E-state index < -0.39 is 0 Å². The van der Waals surface area contributed by atoms with Crippen LogP contribution in [-0.4, -0.2) is 26.1 Å². The molecular weight excluding hydrogens is 282 g/mol. The van der Waals surface area contributed by atoms with Gasteiger partial charge in [0.15, 0.2) is 0 Å². The zero-order valence-corrected chi connectivity index (χ0v) is 13.3. The number of hydrogen-bond acceptors (Lipinski definition) is 5. The Kier molecular flexibility index (Phi) is 3.88. The molecule has 1 N–H and O–H groups in total. The van der Waals surface area contributed by atoms with E-state index in [9.17, 15) is 0 Å². The average Bonchev–Trinajstić information content (AvgIpc) is 3.09. The second-order valence-corrected chi connectivity index (χ2v) is 6.46. The van der Waals surface area contributed by atoms with Gasteiger partial charge in [0.1, 0.15) is 17.0 Å². The van der Waals surface area contributed by atoms with Crippen molar-refractivity contribution >= 4 is 27.4 Å². The molecule has 0 amide bonds. The van der Waals surface area contributed by atoms with Crippen LogP contribution in [-0.2, 0) is 0 Å². The molecule has 6 heteroatoms. The van der Waals surface area contributed by atoms with Crippen molar-refractivity contribution in [3.05, 3.63) is 35.5 Å². The first-order chi connectivity index (χ1) is 10.2. The van der Waals surface area contributed by atoms with Crippen molar-refractivity contribution in [2.24, 2.45) is 0 Å². The summed E-state index contributed by atoms with van der Waals surface area (Å²) in [6, 6.07) is 0.419. The molecule has 1 atom stereocenters. The lowest BCUT2D eigenvalue weighted by molar-refractivity contribution is 0.519. The van der Waals surface area contributed by atoms with E-state index in [2.05, 4.69) is 45.6 Å². The van der Waals surface area contributed by atoms with Crippen molar-refractivity contribution in [1.29, 1.82) is 0 Å². The van der Waals surface area contributed by atoms with E-state index in [1.807, 2.05) is 18.7 Å². The Morgan fingerprint density at radius 2 is 2.19 bits per heavy atom. The Hall–Kier alpha value is -1.95. The highest BCUT2D eigenvalue weighted by atomic mass is 32.1. The third kappa shape index (κ3) is 2.76. The van der Waals surface area contributed by atoms with E-state index in [-0.39, 0.29) is 0 Å². The summed E-state index contributed by atoms with van der Waals surface area (Å²) in [6.07, 6.45) is 8.33. The lowest BCUT2D eigenvalue weighted by Crippen LogP contribution is -2.11. The first kappa shape index (κ1) is 14.0. The van der Waals surface area contributed by atoms with Gasteiger partial charge in [-0.15, -0.1) is 11.3 Å². The van der Waals surface area contributed by atoms with Gasteiger partial charge in [-0.3, -0.25) is 0 Å². The molecule has 0 radical (unpaired) electrons.